The summed E-state index contributed by atoms with van der Waals surface area (Å²) in [5.74, 6) is -0.973. The quantitative estimate of drug-likeness (QED) is 0.159. The van der Waals surface area contributed by atoms with Gasteiger partial charge in [0, 0.05) is 22.7 Å². The molecule has 7 nitrogen and oxygen atoms in total. The van der Waals surface area contributed by atoms with Crippen LogP contribution >= 0.6 is 11.3 Å². The van der Waals surface area contributed by atoms with E-state index in [1.807, 2.05) is 73.1 Å². The topological polar surface area (TPSA) is 80.8 Å². The molecule has 0 aliphatic rings. The first kappa shape index (κ1) is 24.4. The highest BCUT2D eigenvalue weighted by molar-refractivity contribution is 7.20. The third-order valence-corrected chi connectivity index (χ3v) is 7.70. The van der Waals surface area contributed by atoms with Crippen LogP contribution in [0.2, 0.25) is 0 Å². The minimum absolute atomic E-state index is 0.231. The zero-order valence-corrected chi connectivity index (χ0v) is 21.9. The number of amides is 1. The van der Waals surface area contributed by atoms with Gasteiger partial charge in [0.15, 0.2) is 0 Å². The van der Waals surface area contributed by atoms with Crippen molar-refractivity contribution in [2.45, 2.75) is 13.8 Å². The second-order valence-electron chi connectivity index (χ2n) is 9.04. The highest BCUT2D eigenvalue weighted by atomic mass is 32.1. The molecule has 0 spiro atoms. The zero-order chi connectivity index (χ0) is 27.1. The van der Waals surface area contributed by atoms with Crippen LogP contribution in [-0.2, 0) is 0 Å². The first-order chi connectivity index (χ1) is 18.9. The van der Waals surface area contributed by atoms with Crippen molar-refractivity contribution in [2.75, 3.05) is 0 Å². The van der Waals surface area contributed by atoms with Gasteiger partial charge >= 0.3 is 0 Å². The lowest BCUT2D eigenvalue weighted by Crippen LogP contribution is -2.16. The number of fused-ring (bicyclic) bond motifs is 2. The van der Waals surface area contributed by atoms with E-state index >= 15 is 0 Å². The molecule has 0 saturated heterocycles. The van der Waals surface area contributed by atoms with E-state index in [0.29, 0.717) is 27.3 Å². The Hall–Kier alpha value is -4.89. The molecule has 4 aromatic heterocycles. The van der Waals surface area contributed by atoms with E-state index in [1.54, 1.807) is 16.8 Å². The number of carbonyl (C=O) groups excluding carboxylic acids is 2. The van der Waals surface area contributed by atoms with E-state index in [-0.39, 0.29) is 11.7 Å². The minimum atomic E-state index is -0.405. The van der Waals surface area contributed by atoms with E-state index in [9.17, 15) is 14.0 Å². The fraction of sp³-hybridized carbons (Fsp3) is 0.0667. The summed E-state index contributed by atoms with van der Waals surface area (Å²) in [5.41, 5.74) is 7.38. The molecule has 1 N–H and O–H groups in total. The molecule has 9 heteroatoms. The summed E-state index contributed by atoms with van der Waals surface area (Å²) in [6.07, 6.45) is 3.35. The maximum atomic E-state index is 13.4. The van der Waals surface area contributed by atoms with Crippen molar-refractivity contribution in [1.29, 1.82) is 0 Å². The van der Waals surface area contributed by atoms with Gasteiger partial charge in [-0.2, -0.15) is 10.2 Å². The number of hydrogen-bond donors (Lipinski definition) is 1. The zero-order valence-electron chi connectivity index (χ0n) is 21.1. The monoisotopic (exact) mass is 535 g/mol. The Kier molecular flexibility index (Phi) is 6.12. The second kappa shape index (κ2) is 9.77. The number of nitrogens with zero attached hydrogens (tertiary/aromatic N) is 4. The number of thiophene rings is 1. The Morgan fingerprint density at radius 1 is 1.00 bits per heavy atom. The molecule has 2 aromatic carbocycles. The molecule has 0 atom stereocenters. The number of aryl methyl sites for hydroxylation is 1. The molecular weight excluding hydrogens is 513 g/mol. The van der Waals surface area contributed by atoms with Gasteiger partial charge in [0.2, 0.25) is 5.78 Å². The second-order valence-corrected chi connectivity index (χ2v) is 10.1. The summed E-state index contributed by atoms with van der Waals surface area (Å²) < 4.78 is 17.0. The first-order valence-electron chi connectivity index (χ1n) is 12.2. The third-order valence-electron chi connectivity index (χ3n) is 6.59. The van der Waals surface area contributed by atoms with Gasteiger partial charge in [0.25, 0.3) is 5.91 Å². The van der Waals surface area contributed by atoms with E-state index in [2.05, 4.69) is 15.6 Å². The van der Waals surface area contributed by atoms with Gasteiger partial charge < -0.3 is 4.40 Å². The molecule has 0 unspecified atom stereocenters. The Morgan fingerprint density at radius 2 is 1.74 bits per heavy atom. The smallest absolute Gasteiger partial charge is 0.281 e. The van der Waals surface area contributed by atoms with Gasteiger partial charge in [-0.25, -0.2) is 14.5 Å². The van der Waals surface area contributed by atoms with Crippen molar-refractivity contribution in [2.24, 2.45) is 5.10 Å². The number of ketones is 1. The first-order valence-corrected chi connectivity index (χ1v) is 13.0. The Bertz CT molecular complexity index is 1900. The number of nitrogens with one attached hydrogen (secondary N) is 1. The van der Waals surface area contributed by atoms with E-state index in [0.717, 1.165) is 27.1 Å². The molecule has 0 aliphatic heterocycles. The lowest BCUT2D eigenvalue weighted by atomic mass is 10.0. The van der Waals surface area contributed by atoms with Gasteiger partial charge in [0.1, 0.15) is 10.6 Å². The standard InChI is InChI=1S/C30H22FN5O2S/c1-18-24(25-10-6-7-15-35(25)27(18)28(37)20-11-13-21(31)14-12-20)17-32-33-29(38)26-16-23-19(2)34-36(30(23)39-26)22-8-4-3-5-9-22/h3-17H,1-2H3,(H,33,38). The van der Waals surface area contributed by atoms with Crippen LogP contribution in [0.4, 0.5) is 4.39 Å². The molecule has 0 aliphatic carbocycles. The number of rotatable bonds is 6. The molecule has 6 aromatic rings. The van der Waals surface area contributed by atoms with Crippen molar-refractivity contribution >= 4 is 45.0 Å². The van der Waals surface area contributed by atoms with Crippen LogP contribution in [0.25, 0.3) is 21.4 Å². The average molecular weight is 536 g/mol. The summed E-state index contributed by atoms with van der Waals surface area (Å²) in [7, 11) is 0. The van der Waals surface area contributed by atoms with E-state index in [1.165, 1.54) is 35.6 Å². The Labute approximate surface area is 226 Å². The third kappa shape index (κ3) is 4.32. The van der Waals surface area contributed by atoms with Crippen LogP contribution in [0.15, 0.2) is 90.2 Å². The number of para-hydroxylation sites is 1. The van der Waals surface area contributed by atoms with E-state index < -0.39 is 5.82 Å². The fourth-order valence-electron chi connectivity index (χ4n) is 4.65. The molecule has 6 rings (SSSR count). The molecule has 0 saturated carbocycles. The van der Waals surface area contributed by atoms with E-state index in [4.69, 9.17) is 0 Å². The predicted octanol–water partition coefficient (Wildman–Crippen LogP) is 6.09. The lowest BCUT2D eigenvalue weighted by molar-refractivity contribution is 0.0958. The number of hydrogen-bond acceptors (Lipinski definition) is 5. The minimum Gasteiger partial charge on any atom is -0.313 e. The molecule has 192 valence electrons. The molecule has 0 radical (unpaired) electrons. The van der Waals surface area contributed by atoms with Gasteiger partial charge in [-0.15, -0.1) is 11.3 Å². The van der Waals surface area contributed by atoms with Crippen molar-refractivity contribution in [3.05, 3.63) is 124 Å². The van der Waals surface area contributed by atoms with Gasteiger partial charge in [0.05, 0.1) is 33.7 Å². The molecule has 0 bridgehead atoms. The highest BCUT2D eigenvalue weighted by Gasteiger charge is 2.21. The Morgan fingerprint density at radius 3 is 2.51 bits per heavy atom. The normalized spacial score (nSPS) is 11.6. The number of hydrazone groups is 1. The maximum Gasteiger partial charge on any atom is 0.281 e. The molecule has 0 fully saturated rings. The van der Waals surface area contributed by atoms with Crippen molar-refractivity contribution in [1.82, 2.24) is 19.6 Å². The van der Waals surface area contributed by atoms with Crippen LogP contribution < -0.4 is 5.43 Å². The molecule has 1 amide bonds. The summed E-state index contributed by atoms with van der Waals surface area (Å²) >= 11 is 1.35. The van der Waals surface area contributed by atoms with Gasteiger partial charge in [-0.3, -0.25) is 9.59 Å². The highest BCUT2D eigenvalue weighted by Crippen LogP contribution is 2.30. The van der Waals surface area contributed by atoms with Crippen LogP contribution in [0.5, 0.6) is 0 Å². The molecular formula is C30H22FN5O2S. The Balaban J connectivity index is 1.29. The maximum absolute atomic E-state index is 13.4. The number of aromatic nitrogens is 3. The number of pyridine rings is 1. The average Bonchev–Trinajstić information content (AvgIpc) is 3.61. The number of halogens is 1. The van der Waals surface area contributed by atoms with Crippen molar-refractivity contribution < 1.29 is 14.0 Å². The van der Waals surface area contributed by atoms with Crippen molar-refractivity contribution in [3.63, 3.8) is 0 Å². The lowest BCUT2D eigenvalue weighted by Gasteiger charge is -2.04. The summed E-state index contributed by atoms with van der Waals surface area (Å²) in [6, 6.07) is 22.6. The number of benzene rings is 2. The number of carbonyl (C=O) groups is 2. The van der Waals surface area contributed by atoms with Crippen LogP contribution in [-0.4, -0.2) is 32.1 Å². The van der Waals surface area contributed by atoms with Crippen LogP contribution in [0.1, 0.15) is 42.5 Å². The van der Waals surface area contributed by atoms with Crippen molar-refractivity contribution in [3.8, 4) is 5.69 Å². The molecule has 39 heavy (non-hydrogen) atoms. The molecule has 4 heterocycles. The summed E-state index contributed by atoms with van der Waals surface area (Å²) in [5, 5.41) is 9.76. The van der Waals surface area contributed by atoms with Gasteiger partial charge in [-0.05, 0) is 74.0 Å². The van der Waals surface area contributed by atoms with Crippen LogP contribution in [0.3, 0.4) is 0 Å². The van der Waals surface area contributed by atoms with Gasteiger partial charge in [-0.1, -0.05) is 24.3 Å². The largest absolute Gasteiger partial charge is 0.313 e. The fourth-order valence-corrected chi connectivity index (χ4v) is 5.73. The summed E-state index contributed by atoms with van der Waals surface area (Å²) in [4.78, 5) is 27.7. The SMILES string of the molecule is Cc1c(C=NNC(=O)c2cc3c(C)nn(-c4ccccc4)c3s2)c2ccccn2c1C(=O)c1ccc(F)cc1. The predicted molar refractivity (Wildman–Crippen MR) is 151 cm³/mol. The summed E-state index contributed by atoms with van der Waals surface area (Å²) in [6.45, 7) is 3.75. The van der Waals surface area contributed by atoms with Crippen LogP contribution in [0, 0.1) is 19.7 Å².